The van der Waals surface area contributed by atoms with Crippen molar-refractivity contribution >= 4 is 18.4 Å². The Hall–Kier alpha value is -2.85. The van der Waals surface area contributed by atoms with Gasteiger partial charge in [-0.2, -0.15) is 0 Å². The molecule has 1 aromatic carbocycles. The molecular weight excluding hydrogens is 332 g/mol. The van der Waals surface area contributed by atoms with E-state index in [1.54, 1.807) is 0 Å². The standard InChI is InChI=1S/C23H28N4/c1-19(12-11-17-24)22(26-18-20-13-7-4-3-5-8-14-20)27-23(25-2)21-15-9-6-10-16-21/h3-4,6,8-12,14-16,20H,1-2,5,7,13,17-18,24H2/b4-3?,12-11-,14-8-,26-22?,27-23?. The van der Waals surface area contributed by atoms with Crippen molar-refractivity contribution < 1.29 is 0 Å². The first-order valence-corrected chi connectivity index (χ1v) is 9.27. The van der Waals surface area contributed by atoms with Gasteiger partial charge in [0.05, 0.1) is 0 Å². The molecule has 0 amide bonds. The van der Waals surface area contributed by atoms with E-state index in [0.717, 1.165) is 24.8 Å². The molecule has 0 spiro atoms. The predicted octanol–water partition coefficient (Wildman–Crippen LogP) is 4.52. The summed E-state index contributed by atoms with van der Waals surface area (Å²) in [6, 6.07) is 9.75. The number of aliphatic imine (C=N–C) groups is 3. The smallest absolute Gasteiger partial charge is 0.161 e. The number of benzene rings is 1. The third-order valence-electron chi connectivity index (χ3n) is 4.16. The summed E-state index contributed by atoms with van der Waals surface area (Å²) < 4.78 is 0. The molecular formula is C23H28N4. The molecule has 2 N–H and O–H groups in total. The van der Waals surface area contributed by atoms with E-state index in [1.165, 1.54) is 0 Å². The topological polar surface area (TPSA) is 63.1 Å². The summed E-state index contributed by atoms with van der Waals surface area (Å²) in [4.78, 5) is 13.5. The average Bonchev–Trinajstić information content (AvgIpc) is 2.68. The van der Waals surface area contributed by atoms with Crippen molar-refractivity contribution in [3.05, 3.63) is 84.5 Å². The van der Waals surface area contributed by atoms with Crippen LogP contribution in [0.3, 0.4) is 0 Å². The van der Waals surface area contributed by atoms with Crippen LogP contribution in [-0.2, 0) is 0 Å². The van der Waals surface area contributed by atoms with Crippen LogP contribution in [-0.4, -0.2) is 31.5 Å². The Kier molecular flexibility index (Phi) is 8.87. The predicted molar refractivity (Wildman–Crippen MR) is 118 cm³/mol. The summed E-state index contributed by atoms with van der Waals surface area (Å²) in [5.74, 6) is 1.49. The van der Waals surface area contributed by atoms with E-state index in [1.807, 2.05) is 42.5 Å². The molecule has 1 aromatic rings. The fourth-order valence-corrected chi connectivity index (χ4v) is 2.70. The van der Waals surface area contributed by atoms with Gasteiger partial charge in [-0.25, -0.2) is 9.98 Å². The van der Waals surface area contributed by atoms with Crippen LogP contribution in [0.2, 0.25) is 0 Å². The number of rotatable bonds is 6. The van der Waals surface area contributed by atoms with Crippen LogP contribution in [0.15, 0.2) is 93.9 Å². The highest BCUT2D eigenvalue weighted by Crippen LogP contribution is 2.15. The van der Waals surface area contributed by atoms with Crippen LogP contribution in [0.25, 0.3) is 0 Å². The summed E-state index contributed by atoms with van der Waals surface area (Å²) in [6.07, 6.45) is 15.7. The van der Waals surface area contributed by atoms with Crippen LogP contribution < -0.4 is 5.73 Å². The van der Waals surface area contributed by atoms with Crippen LogP contribution in [0, 0.1) is 5.92 Å². The first-order chi connectivity index (χ1) is 13.2. The molecule has 1 aliphatic carbocycles. The van der Waals surface area contributed by atoms with Gasteiger partial charge in [0.25, 0.3) is 0 Å². The number of hydrogen-bond donors (Lipinski definition) is 1. The molecule has 0 fully saturated rings. The highest BCUT2D eigenvalue weighted by molar-refractivity contribution is 6.13. The van der Waals surface area contributed by atoms with Gasteiger partial charge < -0.3 is 5.73 Å². The van der Waals surface area contributed by atoms with Gasteiger partial charge in [0.15, 0.2) is 11.7 Å². The monoisotopic (exact) mass is 360 g/mol. The van der Waals surface area contributed by atoms with Gasteiger partial charge in [0.2, 0.25) is 0 Å². The SMILES string of the molecule is C=NC(=NC(=NCC1/C=C\CC=CCC1)C(=C)/C=C\CN)c1ccccc1. The Morgan fingerprint density at radius 3 is 2.74 bits per heavy atom. The summed E-state index contributed by atoms with van der Waals surface area (Å²) in [5.41, 5.74) is 7.18. The van der Waals surface area contributed by atoms with Crippen molar-refractivity contribution in [1.29, 1.82) is 0 Å². The van der Waals surface area contributed by atoms with Crippen molar-refractivity contribution in [3.63, 3.8) is 0 Å². The van der Waals surface area contributed by atoms with Gasteiger partial charge in [-0.05, 0) is 31.9 Å². The molecule has 1 unspecified atom stereocenters. The lowest BCUT2D eigenvalue weighted by molar-refractivity contribution is 0.606. The van der Waals surface area contributed by atoms with E-state index in [9.17, 15) is 0 Å². The summed E-state index contributed by atoms with van der Waals surface area (Å²) in [6.45, 7) is 8.87. The van der Waals surface area contributed by atoms with E-state index in [-0.39, 0.29) is 0 Å². The summed E-state index contributed by atoms with van der Waals surface area (Å²) >= 11 is 0. The van der Waals surface area contributed by atoms with Gasteiger partial charge >= 0.3 is 0 Å². The second-order valence-corrected chi connectivity index (χ2v) is 6.26. The van der Waals surface area contributed by atoms with E-state index in [2.05, 4.69) is 47.6 Å². The normalized spacial score (nSPS) is 19.5. The number of allylic oxidation sites excluding steroid dienone is 3. The molecule has 1 aliphatic rings. The maximum Gasteiger partial charge on any atom is 0.161 e. The van der Waals surface area contributed by atoms with E-state index >= 15 is 0 Å². The third kappa shape index (κ3) is 7.12. The fraction of sp³-hybridized carbons (Fsp3) is 0.261. The zero-order chi connectivity index (χ0) is 19.3. The van der Waals surface area contributed by atoms with Gasteiger partial charge in [-0.3, -0.25) is 4.99 Å². The molecule has 0 aliphatic heterocycles. The number of nitrogens with two attached hydrogens (primary N) is 1. The largest absolute Gasteiger partial charge is 0.327 e. The van der Waals surface area contributed by atoms with Crippen molar-refractivity contribution in [2.75, 3.05) is 13.1 Å². The van der Waals surface area contributed by atoms with Crippen molar-refractivity contribution in [1.82, 2.24) is 0 Å². The Morgan fingerprint density at radius 1 is 1.19 bits per heavy atom. The Bertz CT molecular complexity index is 767. The maximum atomic E-state index is 5.57. The van der Waals surface area contributed by atoms with Crippen LogP contribution in [0.1, 0.15) is 24.8 Å². The minimum atomic E-state index is 0.392. The molecule has 0 radical (unpaired) electrons. The van der Waals surface area contributed by atoms with Gasteiger partial charge in [-0.15, -0.1) is 0 Å². The molecule has 27 heavy (non-hydrogen) atoms. The third-order valence-corrected chi connectivity index (χ3v) is 4.16. The van der Waals surface area contributed by atoms with Crippen LogP contribution in [0.5, 0.6) is 0 Å². The summed E-state index contributed by atoms with van der Waals surface area (Å²) in [7, 11) is 0. The lowest BCUT2D eigenvalue weighted by Crippen LogP contribution is -2.09. The molecule has 2 rings (SSSR count). The molecule has 140 valence electrons. The fourth-order valence-electron chi connectivity index (χ4n) is 2.70. The minimum absolute atomic E-state index is 0.392. The van der Waals surface area contributed by atoms with Crippen LogP contribution in [0.4, 0.5) is 0 Å². The number of nitrogens with zero attached hydrogens (tertiary/aromatic N) is 3. The molecule has 0 saturated carbocycles. The van der Waals surface area contributed by atoms with Crippen molar-refractivity contribution in [2.45, 2.75) is 19.3 Å². The van der Waals surface area contributed by atoms with Crippen LogP contribution >= 0.6 is 0 Å². The van der Waals surface area contributed by atoms with E-state index in [4.69, 9.17) is 10.7 Å². The lowest BCUT2D eigenvalue weighted by atomic mass is 10.00. The van der Waals surface area contributed by atoms with Gasteiger partial charge in [-0.1, -0.05) is 73.4 Å². The number of amidine groups is 2. The highest BCUT2D eigenvalue weighted by Gasteiger charge is 2.09. The zero-order valence-electron chi connectivity index (χ0n) is 15.8. The van der Waals surface area contributed by atoms with E-state index in [0.29, 0.717) is 36.3 Å². The molecule has 0 saturated heterocycles. The first-order valence-electron chi connectivity index (χ1n) is 9.27. The second kappa shape index (κ2) is 11.7. The number of hydrogen-bond acceptors (Lipinski definition) is 2. The Morgan fingerprint density at radius 2 is 2.00 bits per heavy atom. The quantitative estimate of drug-likeness (QED) is 0.345. The molecule has 0 aromatic heterocycles. The first kappa shape index (κ1) is 20.5. The molecule has 4 heteroatoms. The maximum absolute atomic E-state index is 5.57. The molecule has 0 bridgehead atoms. The summed E-state index contributed by atoms with van der Waals surface area (Å²) in [5, 5.41) is 0. The minimum Gasteiger partial charge on any atom is -0.327 e. The van der Waals surface area contributed by atoms with Crippen molar-refractivity contribution in [3.8, 4) is 0 Å². The second-order valence-electron chi connectivity index (χ2n) is 6.26. The molecule has 0 heterocycles. The molecule has 1 atom stereocenters. The van der Waals surface area contributed by atoms with Crippen molar-refractivity contribution in [2.24, 2.45) is 26.6 Å². The lowest BCUT2D eigenvalue weighted by Gasteiger charge is -2.11. The average molecular weight is 361 g/mol. The zero-order valence-corrected chi connectivity index (χ0v) is 15.8. The van der Waals surface area contributed by atoms with Gasteiger partial charge in [0, 0.05) is 24.2 Å². The Labute approximate surface area is 162 Å². The highest BCUT2D eigenvalue weighted by atomic mass is 15.0. The van der Waals surface area contributed by atoms with E-state index < -0.39 is 0 Å². The van der Waals surface area contributed by atoms with Gasteiger partial charge in [0.1, 0.15) is 0 Å². The molecule has 4 nitrogen and oxygen atoms in total. The Balaban J connectivity index is 2.28.